The van der Waals surface area contributed by atoms with Crippen LogP contribution in [0, 0.1) is 0 Å². The molecule has 0 saturated carbocycles. The van der Waals surface area contributed by atoms with Crippen molar-refractivity contribution in [3.05, 3.63) is 23.5 Å². The van der Waals surface area contributed by atoms with Crippen molar-refractivity contribution in [3.8, 4) is 5.75 Å². The van der Waals surface area contributed by atoms with E-state index in [9.17, 15) is 14.7 Å². The highest BCUT2D eigenvalue weighted by atomic mass is 16.5. The van der Waals surface area contributed by atoms with E-state index in [-0.39, 0.29) is 30.3 Å². The van der Waals surface area contributed by atoms with Crippen molar-refractivity contribution in [3.63, 3.8) is 0 Å². The summed E-state index contributed by atoms with van der Waals surface area (Å²) >= 11 is 0. The molecule has 0 aliphatic rings. The average Bonchev–Trinajstić information content (AvgIpc) is 2.27. The largest absolute Gasteiger partial charge is 0.506 e. The molecule has 5 nitrogen and oxygen atoms in total. The van der Waals surface area contributed by atoms with E-state index < -0.39 is 0 Å². The number of pyridine rings is 1. The molecule has 1 aromatic heterocycles. The first-order valence-corrected chi connectivity index (χ1v) is 4.38. The van der Waals surface area contributed by atoms with Crippen LogP contribution in [-0.4, -0.2) is 29.5 Å². The zero-order chi connectivity index (χ0) is 11.3. The Morgan fingerprint density at radius 1 is 1.60 bits per heavy atom. The monoisotopic (exact) mass is 209 g/mol. The van der Waals surface area contributed by atoms with Crippen molar-refractivity contribution in [2.45, 2.75) is 12.8 Å². The van der Waals surface area contributed by atoms with Gasteiger partial charge in [0, 0.05) is 6.42 Å². The summed E-state index contributed by atoms with van der Waals surface area (Å²) in [6, 6.07) is 2.79. The second kappa shape index (κ2) is 5.09. The summed E-state index contributed by atoms with van der Waals surface area (Å²) in [5.41, 5.74) is 0.553. The van der Waals surface area contributed by atoms with Crippen molar-refractivity contribution >= 4 is 12.3 Å². The molecule has 0 radical (unpaired) electrons. The molecule has 0 fully saturated rings. The Morgan fingerprint density at radius 3 is 2.93 bits per heavy atom. The lowest BCUT2D eigenvalue weighted by Gasteiger charge is -2.03. The van der Waals surface area contributed by atoms with Gasteiger partial charge in [-0.05, 0) is 12.1 Å². The first-order valence-electron chi connectivity index (χ1n) is 4.38. The normalized spacial score (nSPS) is 9.67. The zero-order valence-corrected chi connectivity index (χ0v) is 8.27. The zero-order valence-electron chi connectivity index (χ0n) is 8.27. The number of aromatic hydroxyl groups is 1. The molecule has 80 valence electrons. The maximum absolute atomic E-state index is 10.8. The van der Waals surface area contributed by atoms with Gasteiger partial charge in [0.25, 0.3) is 0 Å². The van der Waals surface area contributed by atoms with Gasteiger partial charge in [-0.3, -0.25) is 9.59 Å². The van der Waals surface area contributed by atoms with Crippen LogP contribution in [0.5, 0.6) is 5.75 Å². The number of carbonyl (C=O) groups is 2. The number of rotatable bonds is 4. The molecule has 0 spiro atoms. The van der Waals surface area contributed by atoms with Gasteiger partial charge in [0.1, 0.15) is 11.4 Å². The van der Waals surface area contributed by atoms with Crippen LogP contribution in [0.15, 0.2) is 12.1 Å². The molecule has 0 amide bonds. The van der Waals surface area contributed by atoms with Crippen LogP contribution >= 0.6 is 0 Å². The number of hydrogen-bond acceptors (Lipinski definition) is 5. The first-order chi connectivity index (χ1) is 7.17. The van der Waals surface area contributed by atoms with E-state index in [1.807, 2.05) is 0 Å². The summed E-state index contributed by atoms with van der Waals surface area (Å²) in [7, 11) is 1.29. The molecule has 1 aromatic rings. The summed E-state index contributed by atoms with van der Waals surface area (Å²) in [6.45, 7) is 0. The van der Waals surface area contributed by atoms with Gasteiger partial charge in [-0.1, -0.05) is 0 Å². The van der Waals surface area contributed by atoms with E-state index in [1.54, 1.807) is 0 Å². The molecule has 0 saturated heterocycles. The van der Waals surface area contributed by atoms with Crippen LogP contribution in [-0.2, 0) is 16.0 Å². The maximum atomic E-state index is 10.8. The van der Waals surface area contributed by atoms with Crippen molar-refractivity contribution in [1.82, 2.24) is 4.98 Å². The molecule has 1 heterocycles. The predicted octanol–water partition coefficient (Wildman–Crippen LogP) is 0.705. The third kappa shape index (κ3) is 3.05. The lowest BCUT2D eigenvalue weighted by atomic mass is 10.2. The van der Waals surface area contributed by atoms with Crippen LogP contribution in [0.3, 0.4) is 0 Å². The third-order valence-electron chi connectivity index (χ3n) is 1.89. The van der Waals surface area contributed by atoms with Gasteiger partial charge >= 0.3 is 5.97 Å². The second-order valence-electron chi connectivity index (χ2n) is 2.90. The summed E-state index contributed by atoms with van der Waals surface area (Å²) < 4.78 is 4.45. The van der Waals surface area contributed by atoms with E-state index in [1.165, 1.54) is 19.2 Å². The molecule has 0 aromatic carbocycles. The first kappa shape index (κ1) is 11.2. The van der Waals surface area contributed by atoms with E-state index >= 15 is 0 Å². The van der Waals surface area contributed by atoms with Crippen molar-refractivity contribution in [2.75, 3.05) is 7.11 Å². The summed E-state index contributed by atoms with van der Waals surface area (Å²) in [6.07, 6.45) is 0.959. The molecule has 0 aliphatic heterocycles. The number of aromatic nitrogens is 1. The van der Waals surface area contributed by atoms with Crippen LogP contribution in [0.4, 0.5) is 0 Å². The number of hydrogen-bond donors (Lipinski definition) is 1. The number of carbonyl (C=O) groups excluding carboxylic acids is 2. The Kier molecular flexibility index (Phi) is 3.79. The van der Waals surface area contributed by atoms with E-state index in [0.717, 1.165) is 0 Å². The minimum absolute atomic E-state index is 0.0236. The molecule has 1 rings (SSSR count). The fourth-order valence-electron chi connectivity index (χ4n) is 1.08. The quantitative estimate of drug-likeness (QED) is 0.583. The second-order valence-corrected chi connectivity index (χ2v) is 2.90. The Balaban J connectivity index is 2.75. The van der Waals surface area contributed by atoms with E-state index in [4.69, 9.17) is 0 Å². The van der Waals surface area contributed by atoms with Gasteiger partial charge in [0.2, 0.25) is 0 Å². The molecular weight excluding hydrogens is 198 g/mol. The maximum Gasteiger partial charge on any atom is 0.305 e. The smallest absolute Gasteiger partial charge is 0.305 e. The molecule has 0 bridgehead atoms. The van der Waals surface area contributed by atoms with Crippen molar-refractivity contribution < 1.29 is 19.4 Å². The lowest BCUT2D eigenvalue weighted by Crippen LogP contribution is -2.04. The SMILES string of the molecule is COC(=O)CCc1nc(C=O)ccc1O. The highest BCUT2D eigenvalue weighted by molar-refractivity contribution is 5.72. The fraction of sp³-hybridized carbons (Fsp3) is 0.300. The summed E-state index contributed by atoms with van der Waals surface area (Å²) in [5.74, 6) is -0.405. The minimum Gasteiger partial charge on any atom is -0.506 e. The molecule has 5 heteroatoms. The average molecular weight is 209 g/mol. The van der Waals surface area contributed by atoms with Crippen LogP contribution in [0.2, 0.25) is 0 Å². The Labute approximate surface area is 86.7 Å². The van der Waals surface area contributed by atoms with Gasteiger partial charge in [0.15, 0.2) is 6.29 Å². The Morgan fingerprint density at radius 2 is 2.33 bits per heavy atom. The highest BCUT2D eigenvalue weighted by Gasteiger charge is 2.07. The molecule has 0 aliphatic carbocycles. The Hall–Kier alpha value is -1.91. The van der Waals surface area contributed by atoms with E-state index in [2.05, 4.69) is 9.72 Å². The van der Waals surface area contributed by atoms with Gasteiger partial charge in [-0.2, -0.15) is 0 Å². The standard InChI is InChI=1S/C10H11NO4/c1-15-10(14)5-3-8-9(13)4-2-7(6-12)11-8/h2,4,6,13H,3,5H2,1H3. The molecule has 1 N–H and O–H groups in total. The highest BCUT2D eigenvalue weighted by Crippen LogP contribution is 2.16. The van der Waals surface area contributed by atoms with Gasteiger partial charge in [-0.25, -0.2) is 4.98 Å². The number of esters is 1. The minimum atomic E-state index is -0.382. The van der Waals surface area contributed by atoms with Crippen molar-refractivity contribution in [2.24, 2.45) is 0 Å². The van der Waals surface area contributed by atoms with Gasteiger partial charge < -0.3 is 9.84 Å². The van der Waals surface area contributed by atoms with Gasteiger partial charge in [0.05, 0.1) is 19.2 Å². The van der Waals surface area contributed by atoms with Crippen molar-refractivity contribution in [1.29, 1.82) is 0 Å². The number of ether oxygens (including phenoxy) is 1. The van der Waals surface area contributed by atoms with Crippen LogP contribution < -0.4 is 0 Å². The van der Waals surface area contributed by atoms with Crippen LogP contribution in [0.25, 0.3) is 0 Å². The summed E-state index contributed by atoms with van der Waals surface area (Å²) in [4.78, 5) is 25.1. The lowest BCUT2D eigenvalue weighted by molar-refractivity contribution is -0.140. The summed E-state index contributed by atoms with van der Waals surface area (Å²) in [5, 5.41) is 9.39. The molecule has 0 unspecified atom stereocenters. The third-order valence-corrected chi connectivity index (χ3v) is 1.89. The number of methoxy groups -OCH3 is 1. The number of aryl methyl sites for hydroxylation is 1. The molecule has 15 heavy (non-hydrogen) atoms. The fourth-order valence-corrected chi connectivity index (χ4v) is 1.08. The topological polar surface area (TPSA) is 76.5 Å². The van der Waals surface area contributed by atoms with Crippen LogP contribution in [0.1, 0.15) is 22.6 Å². The number of nitrogens with zero attached hydrogens (tertiary/aromatic N) is 1. The van der Waals surface area contributed by atoms with Gasteiger partial charge in [-0.15, -0.1) is 0 Å². The number of aldehydes is 1. The van der Waals surface area contributed by atoms with E-state index in [0.29, 0.717) is 12.0 Å². The molecular formula is C10H11NO4. The Bertz CT molecular complexity index is 376. The molecule has 0 atom stereocenters. The predicted molar refractivity (Wildman–Crippen MR) is 51.6 cm³/mol.